The molecular formula is C29H26N4O8. The van der Waals surface area contributed by atoms with Crippen LogP contribution in [0.2, 0.25) is 0 Å². The van der Waals surface area contributed by atoms with Gasteiger partial charge in [0, 0.05) is 17.8 Å². The lowest BCUT2D eigenvalue weighted by atomic mass is 10.1. The summed E-state index contributed by atoms with van der Waals surface area (Å²) in [6, 6.07) is 14.0. The van der Waals surface area contributed by atoms with E-state index in [1.807, 2.05) is 26.0 Å². The lowest BCUT2D eigenvalue weighted by Crippen LogP contribution is -2.54. The molecule has 12 heteroatoms. The predicted octanol–water partition coefficient (Wildman–Crippen LogP) is 4.29. The Morgan fingerprint density at radius 1 is 1.02 bits per heavy atom. The molecule has 0 aliphatic carbocycles. The van der Waals surface area contributed by atoms with Crippen LogP contribution in [0.3, 0.4) is 0 Å². The van der Waals surface area contributed by atoms with Crippen molar-refractivity contribution < 1.29 is 33.6 Å². The van der Waals surface area contributed by atoms with Crippen LogP contribution in [0.1, 0.15) is 23.6 Å². The molecule has 4 rings (SSSR count). The number of amides is 5. The summed E-state index contributed by atoms with van der Waals surface area (Å²) >= 11 is 0. The first-order valence-electron chi connectivity index (χ1n) is 12.5. The number of aryl methyl sites for hydroxylation is 1. The van der Waals surface area contributed by atoms with Gasteiger partial charge in [-0.3, -0.25) is 29.8 Å². The highest BCUT2D eigenvalue weighted by molar-refractivity contribution is 6.39. The minimum Gasteiger partial charge on any atom is -0.490 e. The second kappa shape index (κ2) is 12.1. The minimum atomic E-state index is -0.983. The zero-order valence-corrected chi connectivity index (χ0v) is 22.4. The van der Waals surface area contributed by atoms with Gasteiger partial charge in [-0.25, -0.2) is 9.69 Å². The van der Waals surface area contributed by atoms with Crippen molar-refractivity contribution >= 4 is 46.9 Å². The molecule has 1 heterocycles. The SMILES string of the molecule is CCOc1cc(/C=C2/C(=O)NC(=O)N(c3ccc([N+](=O)[O-])cc3)C2=O)ccc1OCC(=O)Nc1cccc(C)c1C. The van der Waals surface area contributed by atoms with Gasteiger partial charge in [0.15, 0.2) is 18.1 Å². The van der Waals surface area contributed by atoms with Gasteiger partial charge in [0.25, 0.3) is 23.4 Å². The molecule has 1 fully saturated rings. The number of nitrogens with zero attached hydrogens (tertiary/aromatic N) is 2. The van der Waals surface area contributed by atoms with Crippen LogP contribution >= 0.6 is 0 Å². The number of urea groups is 1. The van der Waals surface area contributed by atoms with Gasteiger partial charge in [-0.05, 0) is 73.9 Å². The molecule has 1 saturated heterocycles. The fraction of sp³-hybridized carbons (Fsp3) is 0.172. The quantitative estimate of drug-likeness (QED) is 0.170. The van der Waals surface area contributed by atoms with Crippen LogP contribution in [-0.4, -0.2) is 41.9 Å². The topological polar surface area (TPSA) is 157 Å². The summed E-state index contributed by atoms with van der Waals surface area (Å²) in [5.74, 6) is -1.64. The lowest BCUT2D eigenvalue weighted by molar-refractivity contribution is -0.384. The molecule has 0 saturated carbocycles. The number of imide groups is 2. The fourth-order valence-corrected chi connectivity index (χ4v) is 4.00. The van der Waals surface area contributed by atoms with Crippen molar-refractivity contribution in [2.75, 3.05) is 23.4 Å². The van der Waals surface area contributed by atoms with Gasteiger partial charge in [0.1, 0.15) is 5.57 Å². The summed E-state index contributed by atoms with van der Waals surface area (Å²) in [7, 11) is 0. The Labute approximate surface area is 234 Å². The Morgan fingerprint density at radius 3 is 2.44 bits per heavy atom. The van der Waals surface area contributed by atoms with Crippen LogP contribution in [0.25, 0.3) is 6.08 Å². The number of anilines is 2. The highest BCUT2D eigenvalue weighted by Gasteiger charge is 2.37. The minimum absolute atomic E-state index is 0.0504. The van der Waals surface area contributed by atoms with E-state index in [1.54, 1.807) is 19.1 Å². The van der Waals surface area contributed by atoms with Crippen LogP contribution in [0.4, 0.5) is 21.9 Å². The monoisotopic (exact) mass is 558 g/mol. The Kier molecular flexibility index (Phi) is 8.42. The molecule has 0 unspecified atom stereocenters. The number of hydrogen-bond donors (Lipinski definition) is 2. The molecule has 0 radical (unpaired) electrons. The standard InChI is InChI=1S/C29H26N4O8/c1-4-40-25-15-19(8-13-24(25)41-16-26(34)30-23-7-5-6-17(2)18(23)3)14-22-27(35)31-29(37)32(28(22)36)20-9-11-21(12-10-20)33(38)39/h5-15H,4,16H2,1-3H3,(H,30,34)(H,31,35,37)/b22-14-. The zero-order chi connectivity index (χ0) is 29.7. The molecule has 12 nitrogen and oxygen atoms in total. The average molecular weight is 559 g/mol. The largest absolute Gasteiger partial charge is 0.490 e. The first-order valence-corrected chi connectivity index (χ1v) is 12.5. The van der Waals surface area contributed by atoms with Crippen LogP contribution in [0.15, 0.2) is 66.2 Å². The number of hydrogen-bond acceptors (Lipinski definition) is 8. The smallest absolute Gasteiger partial charge is 0.335 e. The number of nitro benzene ring substituents is 1. The van der Waals surface area contributed by atoms with Crippen LogP contribution in [-0.2, 0) is 14.4 Å². The molecule has 5 amide bonds. The molecular weight excluding hydrogens is 532 g/mol. The normalized spacial score (nSPS) is 14.1. The van der Waals surface area contributed by atoms with Crippen molar-refractivity contribution in [1.82, 2.24) is 5.32 Å². The number of barbiturate groups is 1. The van der Waals surface area contributed by atoms with Crippen molar-refractivity contribution in [3.8, 4) is 11.5 Å². The number of carbonyl (C=O) groups excluding carboxylic acids is 4. The number of nitro groups is 1. The van der Waals surface area contributed by atoms with E-state index in [2.05, 4.69) is 10.6 Å². The maximum absolute atomic E-state index is 13.2. The number of non-ortho nitro benzene ring substituents is 1. The summed E-state index contributed by atoms with van der Waals surface area (Å²) in [6.45, 7) is 5.59. The fourth-order valence-electron chi connectivity index (χ4n) is 4.00. The number of rotatable bonds is 9. The van der Waals surface area contributed by atoms with E-state index < -0.39 is 22.8 Å². The highest BCUT2D eigenvalue weighted by atomic mass is 16.6. The lowest BCUT2D eigenvalue weighted by Gasteiger charge is -2.26. The number of carbonyl (C=O) groups is 4. The zero-order valence-electron chi connectivity index (χ0n) is 22.4. The maximum Gasteiger partial charge on any atom is 0.335 e. The van der Waals surface area contributed by atoms with Gasteiger partial charge in [-0.15, -0.1) is 0 Å². The van der Waals surface area contributed by atoms with Gasteiger partial charge in [0.05, 0.1) is 17.2 Å². The van der Waals surface area contributed by atoms with E-state index in [9.17, 15) is 29.3 Å². The number of ether oxygens (including phenoxy) is 2. The molecule has 41 heavy (non-hydrogen) atoms. The summed E-state index contributed by atoms with van der Waals surface area (Å²) in [5.41, 5.74) is 2.54. The van der Waals surface area contributed by atoms with E-state index in [-0.39, 0.29) is 47.6 Å². The van der Waals surface area contributed by atoms with E-state index in [0.717, 1.165) is 23.3 Å². The van der Waals surface area contributed by atoms with Crippen molar-refractivity contribution in [2.24, 2.45) is 0 Å². The molecule has 0 aromatic heterocycles. The third-order valence-corrected chi connectivity index (χ3v) is 6.24. The molecule has 1 aliphatic rings. The first-order chi connectivity index (χ1) is 19.6. The van der Waals surface area contributed by atoms with E-state index >= 15 is 0 Å². The Bertz CT molecular complexity index is 1580. The average Bonchev–Trinajstić information content (AvgIpc) is 2.93. The number of nitrogens with one attached hydrogen (secondary N) is 2. The molecule has 2 N–H and O–H groups in total. The number of benzene rings is 3. The Hall–Kier alpha value is -5.52. The van der Waals surface area contributed by atoms with Gasteiger partial charge >= 0.3 is 6.03 Å². The Morgan fingerprint density at radius 2 is 1.76 bits per heavy atom. The highest BCUT2D eigenvalue weighted by Crippen LogP contribution is 2.31. The van der Waals surface area contributed by atoms with Crippen molar-refractivity contribution in [1.29, 1.82) is 0 Å². The third kappa shape index (κ3) is 6.38. The third-order valence-electron chi connectivity index (χ3n) is 6.24. The molecule has 3 aromatic carbocycles. The first kappa shape index (κ1) is 28.5. The summed E-state index contributed by atoms with van der Waals surface area (Å²) in [4.78, 5) is 61.7. The van der Waals surface area contributed by atoms with E-state index in [1.165, 1.54) is 30.3 Å². The summed E-state index contributed by atoms with van der Waals surface area (Å²) < 4.78 is 11.3. The van der Waals surface area contributed by atoms with Crippen LogP contribution in [0, 0.1) is 24.0 Å². The molecule has 0 bridgehead atoms. The van der Waals surface area contributed by atoms with Crippen LogP contribution < -0.4 is 25.0 Å². The second-order valence-corrected chi connectivity index (χ2v) is 8.95. The van der Waals surface area contributed by atoms with E-state index in [4.69, 9.17) is 9.47 Å². The molecule has 210 valence electrons. The van der Waals surface area contributed by atoms with Gasteiger partial charge in [0.2, 0.25) is 0 Å². The van der Waals surface area contributed by atoms with Gasteiger partial charge in [-0.2, -0.15) is 0 Å². The van der Waals surface area contributed by atoms with E-state index in [0.29, 0.717) is 16.2 Å². The molecule has 0 spiro atoms. The molecule has 3 aromatic rings. The molecule has 1 aliphatic heterocycles. The summed E-state index contributed by atoms with van der Waals surface area (Å²) in [6.07, 6.45) is 1.28. The van der Waals surface area contributed by atoms with Gasteiger partial charge < -0.3 is 14.8 Å². The van der Waals surface area contributed by atoms with Gasteiger partial charge in [-0.1, -0.05) is 18.2 Å². The maximum atomic E-state index is 13.2. The Balaban J connectivity index is 1.53. The second-order valence-electron chi connectivity index (χ2n) is 8.95. The van der Waals surface area contributed by atoms with Crippen LogP contribution in [0.5, 0.6) is 11.5 Å². The van der Waals surface area contributed by atoms with Crippen molar-refractivity contribution in [3.05, 3.63) is 93.0 Å². The predicted molar refractivity (Wildman–Crippen MR) is 150 cm³/mol. The van der Waals surface area contributed by atoms with Crippen molar-refractivity contribution in [2.45, 2.75) is 20.8 Å². The molecule has 0 atom stereocenters. The summed E-state index contributed by atoms with van der Waals surface area (Å²) in [5, 5.41) is 15.9. The van der Waals surface area contributed by atoms with Crippen molar-refractivity contribution in [3.63, 3.8) is 0 Å².